The fourth-order valence-corrected chi connectivity index (χ4v) is 3.46. The van der Waals surface area contributed by atoms with Gasteiger partial charge in [-0.1, -0.05) is 17.7 Å². The van der Waals surface area contributed by atoms with E-state index in [4.69, 9.17) is 25.8 Å². The van der Waals surface area contributed by atoms with Crippen LogP contribution in [0.4, 0.5) is 11.4 Å². The van der Waals surface area contributed by atoms with Gasteiger partial charge in [0.15, 0.2) is 6.61 Å². The minimum absolute atomic E-state index is 0.0196. The molecule has 2 amide bonds. The van der Waals surface area contributed by atoms with Gasteiger partial charge in [-0.25, -0.2) is 0 Å². The van der Waals surface area contributed by atoms with E-state index in [-0.39, 0.29) is 18.9 Å². The van der Waals surface area contributed by atoms with Crippen LogP contribution in [0.15, 0.2) is 36.4 Å². The average molecular weight is 447 g/mol. The van der Waals surface area contributed by atoms with E-state index in [2.05, 4.69) is 5.32 Å². The first kappa shape index (κ1) is 22.4. The van der Waals surface area contributed by atoms with Crippen molar-refractivity contribution in [1.82, 2.24) is 0 Å². The van der Waals surface area contributed by atoms with Gasteiger partial charge >= 0.3 is 5.97 Å². The monoisotopic (exact) mass is 446 g/mol. The Balaban J connectivity index is 1.60. The third-order valence-corrected chi connectivity index (χ3v) is 5.43. The molecule has 0 aliphatic carbocycles. The molecule has 1 heterocycles. The second-order valence-corrected chi connectivity index (χ2v) is 7.42. The largest absolute Gasteiger partial charge is 0.497 e. The zero-order chi connectivity index (χ0) is 22.5. The second-order valence-electron chi connectivity index (χ2n) is 7.01. The van der Waals surface area contributed by atoms with E-state index in [1.165, 1.54) is 19.1 Å². The summed E-state index contributed by atoms with van der Waals surface area (Å²) in [4.78, 5) is 38.6. The fourth-order valence-electron chi connectivity index (χ4n) is 3.29. The van der Waals surface area contributed by atoms with Crippen LogP contribution in [0.1, 0.15) is 12.0 Å². The van der Waals surface area contributed by atoms with Gasteiger partial charge in [0, 0.05) is 29.7 Å². The number of esters is 1. The summed E-state index contributed by atoms with van der Waals surface area (Å²) in [6.45, 7) is 1.43. The van der Waals surface area contributed by atoms with E-state index in [1.54, 1.807) is 43.3 Å². The quantitative estimate of drug-likeness (QED) is 0.656. The Hall–Kier alpha value is -3.26. The first-order valence-corrected chi connectivity index (χ1v) is 9.95. The molecule has 1 aliphatic heterocycles. The number of ether oxygens (including phenoxy) is 3. The Labute approximate surface area is 185 Å². The maximum Gasteiger partial charge on any atom is 0.311 e. The van der Waals surface area contributed by atoms with Crippen molar-refractivity contribution in [2.75, 3.05) is 37.6 Å². The van der Waals surface area contributed by atoms with E-state index in [9.17, 15) is 14.4 Å². The molecule has 9 heteroatoms. The minimum Gasteiger partial charge on any atom is -0.497 e. The minimum atomic E-state index is -0.691. The maximum absolute atomic E-state index is 12.5. The first-order chi connectivity index (χ1) is 14.8. The standard InChI is InChI=1S/C22H23ClN2O6/c1-13-16(23)5-4-6-17(13)24-20(26)12-31-22(28)14-9-21(27)25(11-14)18-10-15(29-2)7-8-19(18)30-3/h4-8,10,14H,9,11-12H2,1-3H3,(H,24,26)/t14-/m0/s1. The van der Waals surface area contributed by atoms with Crippen LogP contribution < -0.4 is 19.7 Å². The molecular formula is C22H23ClN2O6. The van der Waals surface area contributed by atoms with Gasteiger partial charge < -0.3 is 24.4 Å². The Bertz CT molecular complexity index is 1010. The lowest BCUT2D eigenvalue weighted by molar-refractivity contribution is -0.151. The molecule has 1 atom stereocenters. The van der Waals surface area contributed by atoms with Crippen molar-refractivity contribution in [3.63, 3.8) is 0 Å². The number of carbonyl (C=O) groups excluding carboxylic acids is 3. The highest BCUT2D eigenvalue weighted by Crippen LogP contribution is 2.36. The number of amides is 2. The number of halogens is 1. The van der Waals surface area contributed by atoms with Crippen LogP contribution in [-0.4, -0.2) is 45.2 Å². The smallest absolute Gasteiger partial charge is 0.311 e. The van der Waals surface area contributed by atoms with E-state index in [1.807, 2.05) is 0 Å². The zero-order valence-corrected chi connectivity index (χ0v) is 18.2. The number of methoxy groups -OCH3 is 2. The summed E-state index contributed by atoms with van der Waals surface area (Å²) < 4.78 is 15.7. The lowest BCUT2D eigenvalue weighted by atomic mass is 10.1. The van der Waals surface area contributed by atoms with E-state index < -0.39 is 24.4 Å². The summed E-state index contributed by atoms with van der Waals surface area (Å²) in [5.74, 6) is -0.997. The van der Waals surface area contributed by atoms with Crippen molar-refractivity contribution in [2.24, 2.45) is 5.92 Å². The molecule has 2 aromatic rings. The van der Waals surface area contributed by atoms with E-state index in [0.717, 1.165) is 0 Å². The molecule has 31 heavy (non-hydrogen) atoms. The molecule has 2 aromatic carbocycles. The number of carbonyl (C=O) groups is 3. The molecule has 1 saturated heterocycles. The topological polar surface area (TPSA) is 94.2 Å². The van der Waals surface area contributed by atoms with Gasteiger partial charge in [-0.2, -0.15) is 0 Å². The molecule has 1 fully saturated rings. The molecule has 1 N–H and O–H groups in total. The van der Waals surface area contributed by atoms with Crippen molar-refractivity contribution in [3.8, 4) is 11.5 Å². The normalized spacial score (nSPS) is 15.5. The summed E-state index contributed by atoms with van der Waals surface area (Å²) in [7, 11) is 3.02. The van der Waals surface area contributed by atoms with Gasteiger partial charge in [0.25, 0.3) is 5.91 Å². The maximum atomic E-state index is 12.5. The van der Waals surface area contributed by atoms with Crippen LogP contribution in [0.2, 0.25) is 5.02 Å². The molecule has 0 saturated carbocycles. The third-order valence-electron chi connectivity index (χ3n) is 5.02. The molecule has 3 rings (SSSR count). The van der Waals surface area contributed by atoms with E-state index >= 15 is 0 Å². The molecule has 0 bridgehead atoms. The lowest BCUT2D eigenvalue weighted by Crippen LogP contribution is -2.28. The van der Waals surface area contributed by atoms with Crippen LogP contribution in [0, 0.1) is 12.8 Å². The first-order valence-electron chi connectivity index (χ1n) is 9.58. The summed E-state index contributed by atoms with van der Waals surface area (Å²) in [5, 5.41) is 3.18. The van der Waals surface area contributed by atoms with Crippen LogP contribution >= 0.6 is 11.6 Å². The van der Waals surface area contributed by atoms with Crippen molar-refractivity contribution in [1.29, 1.82) is 0 Å². The molecule has 0 radical (unpaired) electrons. The molecular weight excluding hydrogens is 424 g/mol. The van der Waals surface area contributed by atoms with Gasteiger partial charge in [0.2, 0.25) is 5.91 Å². The predicted molar refractivity (Wildman–Crippen MR) is 116 cm³/mol. The van der Waals surface area contributed by atoms with Gasteiger partial charge in [0.1, 0.15) is 11.5 Å². The molecule has 0 spiro atoms. The van der Waals surface area contributed by atoms with Gasteiger partial charge in [-0.15, -0.1) is 0 Å². The Morgan fingerprint density at radius 2 is 1.97 bits per heavy atom. The summed E-state index contributed by atoms with van der Waals surface area (Å²) in [5.41, 5.74) is 1.77. The number of hydrogen-bond acceptors (Lipinski definition) is 6. The molecule has 0 unspecified atom stereocenters. The number of anilines is 2. The third kappa shape index (κ3) is 5.08. The van der Waals surface area contributed by atoms with Gasteiger partial charge in [-0.3, -0.25) is 14.4 Å². The Kier molecular flexibility index (Phi) is 7.02. The molecule has 8 nitrogen and oxygen atoms in total. The highest BCUT2D eigenvalue weighted by atomic mass is 35.5. The zero-order valence-electron chi connectivity index (χ0n) is 17.4. The SMILES string of the molecule is COc1ccc(OC)c(N2C[C@@H](C(=O)OCC(=O)Nc3cccc(Cl)c3C)CC2=O)c1. The molecule has 164 valence electrons. The van der Waals surface area contributed by atoms with Crippen LogP contribution in [0.3, 0.4) is 0 Å². The average Bonchev–Trinajstić information content (AvgIpc) is 3.16. The highest BCUT2D eigenvalue weighted by Gasteiger charge is 2.37. The van der Waals surface area contributed by atoms with Crippen molar-refractivity contribution >= 4 is 40.8 Å². The van der Waals surface area contributed by atoms with E-state index in [0.29, 0.717) is 33.5 Å². The number of nitrogens with one attached hydrogen (secondary N) is 1. The summed E-state index contributed by atoms with van der Waals surface area (Å²) >= 11 is 6.04. The van der Waals surface area contributed by atoms with Crippen LogP contribution in [0.5, 0.6) is 11.5 Å². The van der Waals surface area contributed by atoms with Crippen molar-refractivity contribution in [2.45, 2.75) is 13.3 Å². The highest BCUT2D eigenvalue weighted by molar-refractivity contribution is 6.31. The predicted octanol–water partition coefficient (Wildman–Crippen LogP) is 3.20. The van der Waals surface area contributed by atoms with Crippen molar-refractivity contribution < 1.29 is 28.6 Å². The van der Waals surface area contributed by atoms with Crippen LogP contribution in [-0.2, 0) is 19.1 Å². The number of hydrogen-bond donors (Lipinski definition) is 1. The van der Waals surface area contributed by atoms with Crippen LogP contribution in [0.25, 0.3) is 0 Å². The molecule has 1 aliphatic rings. The second kappa shape index (κ2) is 9.70. The van der Waals surface area contributed by atoms with Gasteiger partial charge in [-0.05, 0) is 36.8 Å². The Morgan fingerprint density at radius 3 is 2.68 bits per heavy atom. The number of benzene rings is 2. The number of nitrogens with zero attached hydrogens (tertiary/aromatic N) is 1. The molecule has 0 aromatic heterocycles. The van der Waals surface area contributed by atoms with Crippen molar-refractivity contribution in [3.05, 3.63) is 47.0 Å². The summed E-state index contributed by atoms with van der Waals surface area (Å²) in [6.07, 6.45) is -0.0196. The fraction of sp³-hybridized carbons (Fsp3) is 0.318. The Morgan fingerprint density at radius 1 is 1.19 bits per heavy atom. The van der Waals surface area contributed by atoms with Gasteiger partial charge in [0.05, 0.1) is 25.8 Å². The summed E-state index contributed by atoms with van der Waals surface area (Å²) in [6, 6.07) is 10.2. The lowest BCUT2D eigenvalue weighted by Gasteiger charge is -2.20. The number of rotatable bonds is 7.